The number of aromatic amines is 1. The van der Waals surface area contributed by atoms with Gasteiger partial charge in [-0.1, -0.05) is 17.2 Å². The van der Waals surface area contributed by atoms with Gasteiger partial charge in [0.25, 0.3) is 6.29 Å². The fraction of sp³-hybridized carbons (Fsp3) is 0.375. The van der Waals surface area contributed by atoms with E-state index in [1.807, 2.05) is 39.8 Å². The second-order valence-electron chi connectivity index (χ2n) is 4.97. The Hall–Kier alpha value is -2.10. The molecule has 0 fully saturated rings. The van der Waals surface area contributed by atoms with E-state index in [1.54, 1.807) is 6.29 Å². The average molecular weight is 273 g/mol. The molecule has 0 amide bonds. The molecule has 0 aliphatic rings. The van der Waals surface area contributed by atoms with Crippen molar-refractivity contribution in [3.05, 3.63) is 41.1 Å². The van der Waals surface area contributed by atoms with Crippen LogP contribution in [0.4, 0.5) is 0 Å². The SMILES string of the molecule is CC=[O+]c1n[nH]c(C)c1Cc1ccc(OC(C)C)cc1. The first-order chi connectivity index (χ1) is 9.60. The van der Waals surface area contributed by atoms with Crippen LogP contribution >= 0.6 is 0 Å². The van der Waals surface area contributed by atoms with Crippen molar-refractivity contribution in [1.29, 1.82) is 0 Å². The number of nitrogens with zero attached hydrogens (tertiary/aromatic N) is 1. The molecular weight excluding hydrogens is 252 g/mol. The quantitative estimate of drug-likeness (QED) is 0.669. The molecule has 0 radical (unpaired) electrons. The second-order valence-corrected chi connectivity index (χ2v) is 4.97. The lowest BCUT2D eigenvalue weighted by atomic mass is 10.1. The minimum atomic E-state index is 0.192. The molecule has 106 valence electrons. The van der Waals surface area contributed by atoms with E-state index in [-0.39, 0.29) is 6.10 Å². The Morgan fingerprint density at radius 2 is 2.00 bits per heavy atom. The zero-order chi connectivity index (χ0) is 14.5. The third-order valence-corrected chi connectivity index (χ3v) is 2.94. The van der Waals surface area contributed by atoms with Gasteiger partial charge in [0.1, 0.15) is 11.3 Å². The molecule has 4 nitrogen and oxygen atoms in total. The van der Waals surface area contributed by atoms with Gasteiger partial charge in [0.15, 0.2) is 0 Å². The molecule has 0 atom stereocenters. The summed E-state index contributed by atoms with van der Waals surface area (Å²) in [7, 11) is 0. The zero-order valence-corrected chi connectivity index (χ0v) is 12.4. The van der Waals surface area contributed by atoms with Crippen LogP contribution in [0.25, 0.3) is 0 Å². The van der Waals surface area contributed by atoms with E-state index < -0.39 is 0 Å². The van der Waals surface area contributed by atoms with E-state index in [0.29, 0.717) is 5.88 Å². The molecule has 0 aliphatic carbocycles. The monoisotopic (exact) mass is 273 g/mol. The van der Waals surface area contributed by atoms with Gasteiger partial charge in [-0.15, -0.1) is 0 Å². The molecule has 0 bridgehead atoms. The summed E-state index contributed by atoms with van der Waals surface area (Å²) >= 11 is 0. The number of aromatic nitrogens is 2. The van der Waals surface area contributed by atoms with Gasteiger partial charge in [-0.3, -0.25) is 5.10 Å². The maximum absolute atomic E-state index is 5.64. The van der Waals surface area contributed by atoms with E-state index in [4.69, 9.17) is 9.16 Å². The van der Waals surface area contributed by atoms with Crippen LogP contribution in [-0.2, 0) is 10.8 Å². The van der Waals surface area contributed by atoms with Gasteiger partial charge < -0.3 is 4.74 Å². The molecule has 1 aromatic carbocycles. The van der Waals surface area contributed by atoms with Crippen LogP contribution in [0.2, 0.25) is 0 Å². The highest BCUT2D eigenvalue weighted by Gasteiger charge is 2.18. The smallest absolute Gasteiger partial charge is 0.473 e. The van der Waals surface area contributed by atoms with E-state index in [1.165, 1.54) is 5.56 Å². The zero-order valence-electron chi connectivity index (χ0n) is 12.4. The molecule has 2 rings (SSSR count). The number of hydrogen-bond donors (Lipinski definition) is 1. The molecule has 0 spiro atoms. The minimum Gasteiger partial charge on any atom is -0.491 e. The topological polar surface area (TPSA) is 49.2 Å². The fourth-order valence-corrected chi connectivity index (χ4v) is 2.01. The molecule has 0 unspecified atom stereocenters. The van der Waals surface area contributed by atoms with Gasteiger partial charge in [0, 0.05) is 19.0 Å². The normalized spacial score (nSPS) is 11.4. The maximum atomic E-state index is 5.64. The lowest BCUT2D eigenvalue weighted by Gasteiger charge is -2.09. The number of carbonyl (C=O) groups excluding carboxylic acids is 1. The van der Waals surface area contributed by atoms with Gasteiger partial charge >= 0.3 is 5.88 Å². The predicted octanol–water partition coefficient (Wildman–Crippen LogP) is 3.56. The number of H-pyrrole nitrogens is 1. The largest absolute Gasteiger partial charge is 0.491 e. The summed E-state index contributed by atoms with van der Waals surface area (Å²) in [4.78, 5) is 0. The Morgan fingerprint density at radius 3 is 2.60 bits per heavy atom. The first-order valence-corrected chi connectivity index (χ1v) is 6.84. The molecule has 1 N–H and O–H groups in total. The van der Waals surface area contributed by atoms with Gasteiger partial charge in [0.2, 0.25) is 0 Å². The van der Waals surface area contributed by atoms with E-state index in [9.17, 15) is 0 Å². The van der Waals surface area contributed by atoms with E-state index in [2.05, 4.69) is 22.3 Å². The summed E-state index contributed by atoms with van der Waals surface area (Å²) in [6.07, 6.45) is 2.61. The highest BCUT2D eigenvalue weighted by molar-refractivity contribution is 5.47. The molecule has 0 saturated carbocycles. The number of benzene rings is 1. The minimum absolute atomic E-state index is 0.192. The van der Waals surface area contributed by atoms with Gasteiger partial charge in [0.05, 0.1) is 6.10 Å². The first kappa shape index (κ1) is 14.3. The standard InChI is InChI=1S/C16H21N2O2/c1-5-19-16-15(12(4)17-18-16)10-13-6-8-14(9-7-13)20-11(2)3/h5-9,11H,10H2,1-4H3,(H,17,18)/q+1. The number of hydrogen-bond acceptors (Lipinski definition) is 2. The third kappa shape index (κ3) is 3.47. The van der Waals surface area contributed by atoms with Crippen LogP contribution in [0.15, 0.2) is 24.3 Å². The van der Waals surface area contributed by atoms with Gasteiger partial charge in [-0.2, -0.15) is 4.42 Å². The number of ether oxygens (including phenoxy) is 1. The number of aryl methyl sites for hydroxylation is 1. The van der Waals surface area contributed by atoms with Crippen LogP contribution in [0, 0.1) is 6.92 Å². The highest BCUT2D eigenvalue weighted by Crippen LogP contribution is 2.23. The molecule has 2 aromatic rings. The van der Waals surface area contributed by atoms with Crippen molar-refractivity contribution in [2.75, 3.05) is 0 Å². The lowest BCUT2D eigenvalue weighted by molar-refractivity contribution is -0.367. The Kier molecular flexibility index (Phi) is 4.56. The van der Waals surface area contributed by atoms with Crippen molar-refractivity contribution in [1.82, 2.24) is 10.2 Å². The molecule has 4 heteroatoms. The average Bonchev–Trinajstić information content (AvgIpc) is 2.74. The van der Waals surface area contributed by atoms with E-state index in [0.717, 1.165) is 23.4 Å². The van der Waals surface area contributed by atoms with Crippen molar-refractivity contribution in [3.8, 4) is 11.6 Å². The number of rotatable bonds is 5. The second kappa shape index (κ2) is 6.37. The van der Waals surface area contributed by atoms with Gasteiger partial charge in [-0.25, -0.2) is 0 Å². The van der Waals surface area contributed by atoms with Gasteiger partial charge in [-0.05, 0) is 38.5 Å². The van der Waals surface area contributed by atoms with Crippen LogP contribution in [0.1, 0.15) is 37.6 Å². The molecular formula is C16H21N2O2+. The van der Waals surface area contributed by atoms with E-state index >= 15 is 0 Å². The fourth-order valence-electron chi connectivity index (χ4n) is 2.01. The van der Waals surface area contributed by atoms with Crippen molar-refractivity contribution < 1.29 is 9.16 Å². The Bertz CT molecular complexity index is 583. The van der Waals surface area contributed by atoms with Crippen molar-refractivity contribution >= 4 is 6.29 Å². The third-order valence-electron chi connectivity index (χ3n) is 2.94. The lowest BCUT2D eigenvalue weighted by Crippen LogP contribution is -2.05. The van der Waals surface area contributed by atoms with Crippen LogP contribution < -0.4 is 4.74 Å². The maximum Gasteiger partial charge on any atom is 0.473 e. The Balaban J connectivity index is 2.16. The Morgan fingerprint density at radius 1 is 1.30 bits per heavy atom. The summed E-state index contributed by atoms with van der Waals surface area (Å²) in [5, 5.41) is 7.12. The summed E-state index contributed by atoms with van der Waals surface area (Å²) < 4.78 is 11.1. The van der Waals surface area contributed by atoms with Crippen LogP contribution in [0.5, 0.6) is 11.6 Å². The molecule has 1 aromatic heterocycles. The molecule has 20 heavy (non-hydrogen) atoms. The molecule has 1 heterocycles. The predicted molar refractivity (Wildman–Crippen MR) is 79.5 cm³/mol. The van der Waals surface area contributed by atoms with Crippen LogP contribution in [0.3, 0.4) is 0 Å². The van der Waals surface area contributed by atoms with Crippen LogP contribution in [-0.4, -0.2) is 22.6 Å². The highest BCUT2D eigenvalue weighted by atomic mass is 16.5. The summed E-state index contributed by atoms with van der Waals surface area (Å²) in [6.45, 7) is 7.88. The summed E-state index contributed by atoms with van der Waals surface area (Å²) in [5.74, 6) is 1.54. The number of aldehydes is 1. The molecule has 0 saturated heterocycles. The molecule has 0 aliphatic heterocycles. The van der Waals surface area contributed by atoms with Crippen molar-refractivity contribution in [2.24, 2.45) is 0 Å². The summed E-state index contributed by atoms with van der Waals surface area (Å²) in [5.41, 5.74) is 3.32. The summed E-state index contributed by atoms with van der Waals surface area (Å²) in [6, 6.07) is 8.14. The van der Waals surface area contributed by atoms with Crippen molar-refractivity contribution in [2.45, 2.75) is 40.2 Å². The number of nitrogens with one attached hydrogen (secondary N) is 1. The first-order valence-electron chi connectivity index (χ1n) is 6.84. The van der Waals surface area contributed by atoms with Crippen molar-refractivity contribution in [3.63, 3.8) is 0 Å². The Labute approximate surface area is 119 Å².